The molecule has 23 heavy (non-hydrogen) atoms. The Morgan fingerprint density at radius 1 is 0.957 bits per heavy atom. The van der Waals surface area contributed by atoms with Gasteiger partial charge in [0, 0.05) is 16.7 Å². The van der Waals surface area contributed by atoms with E-state index in [9.17, 15) is 9.59 Å². The van der Waals surface area contributed by atoms with Crippen LogP contribution in [0.3, 0.4) is 0 Å². The van der Waals surface area contributed by atoms with Crippen LogP contribution in [0, 0.1) is 0 Å². The molecule has 0 atom stereocenters. The summed E-state index contributed by atoms with van der Waals surface area (Å²) in [6.45, 7) is 5.87. The minimum atomic E-state index is -0.433. The van der Waals surface area contributed by atoms with E-state index in [4.69, 9.17) is 0 Å². The van der Waals surface area contributed by atoms with Crippen LogP contribution in [0.1, 0.15) is 36.7 Å². The molecular weight excluding hydrogens is 354 g/mol. The van der Waals surface area contributed by atoms with Crippen LogP contribution in [0.4, 0.5) is 5.69 Å². The lowest BCUT2D eigenvalue weighted by Crippen LogP contribution is -2.47. The third-order valence-corrected chi connectivity index (χ3v) is 3.94. The standard InChI is InChI=1S/C19H20BrNO2/c1-19(2,3)21(17(22)13-20)16-12-8-7-11-15(16)18(23)14-9-5-4-6-10-14/h4-12H,13H2,1-3H3. The third-order valence-electron chi connectivity index (χ3n) is 3.46. The van der Waals surface area contributed by atoms with E-state index in [2.05, 4.69) is 15.9 Å². The average molecular weight is 374 g/mol. The number of amides is 1. The Kier molecular flexibility index (Phi) is 5.37. The number of benzene rings is 2. The first-order valence-electron chi connectivity index (χ1n) is 7.44. The SMILES string of the molecule is CC(C)(C)N(C(=O)CBr)c1ccccc1C(=O)c1ccccc1. The molecule has 120 valence electrons. The van der Waals surface area contributed by atoms with Crippen molar-refractivity contribution < 1.29 is 9.59 Å². The van der Waals surface area contributed by atoms with Crippen LogP contribution < -0.4 is 4.90 Å². The highest BCUT2D eigenvalue weighted by atomic mass is 79.9. The van der Waals surface area contributed by atoms with Crippen LogP contribution >= 0.6 is 15.9 Å². The molecule has 0 unspecified atom stereocenters. The molecule has 0 spiro atoms. The summed E-state index contributed by atoms with van der Waals surface area (Å²) in [7, 11) is 0. The molecule has 0 aromatic heterocycles. The maximum atomic E-state index is 12.9. The summed E-state index contributed by atoms with van der Waals surface area (Å²) < 4.78 is 0. The number of alkyl halides is 1. The summed E-state index contributed by atoms with van der Waals surface area (Å²) in [5.74, 6) is -0.163. The number of nitrogens with zero attached hydrogens (tertiary/aromatic N) is 1. The van der Waals surface area contributed by atoms with Crippen LogP contribution in [0.25, 0.3) is 0 Å². The molecule has 0 saturated carbocycles. The van der Waals surface area contributed by atoms with Crippen LogP contribution in [-0.4, -0.2) is 22.6 Å². The molecule has 0 radical (unpaired) electrons. The fraction of sp³-hybridized carbons (Fsp3) is 0.263. The van der Waals surface area contributed by atoms with Crippen molar-refractivity contribution in [3.63, 3.8) is 0 Å². The Balaban J connectivity index is 2.56. The number of halogens is 1. The number of ketones is 1. The van der Waals surface area contributed by atoms with Gasteiger partial charge in [0.1, 0.15) is 0 Å². The molecule has 4 heteroatoms. The predicted octanol–water partition coefficient (Wildman–Crippen LogP) is 4.44. The van der Waals surface area contributed by atoms with Gasteiger partial charge in [-0.15, -0.1) is 0 Å². The van der Waals surface area contributed by atoms with E-state index in [1.165, 1.54) is 0 Å². The second-order valence-electron chi connectivity index (χ2n) is 6.25. The van der Waals surface area contributed by atoms with Gasteiger partial charge in [-0.25, -0.2) is 0 Å². The van der Waals surface area contributed by atoms with Gasteiger partial charge in [-0.2, -0.15) is 0 Å². The second-order valence-corrected chi connectivity index (χ2v) is 6.81. The number of carbonyl (C=O) groups is 2. The molecule has 0 N–H and O–H groups in total. The fourth-order valence-electron chi connectivity index (χ4n) is 2.54. The first kappa shape index (κ1) is 17.4. The van der Waals surface area contributed by atoms with Crippen molar-refractivity contribution >= 4 is 33.3 Å². The highest BCUT2D eigenvalue weighted by Crippen LogP contribution is 2.29. The molecule has 0 fully saturated rings. The third kappa shape index (κ3) is 3.88. The van der Waals surface area contributed by atoms with Crippen molar-refractivity contribution in [1.29, 1.82) is 0 Å². The minimum Gasteiger partial charge on any atom is -0.306 e. The maximum Gasteiger partial charge on any atom is 0.238 e. The Morgan fingerprint density at radius 2 is 1.52 bits per heavy atom. The molecule has 0 aliphatic heterocycles. The van der Waals surface area contributed by atoms with Gasteiger partial charge in [0.15, 0.2) is 5.78 Å². The first-order valence-corrected chi connectivity index (χ1v) is 8.56. The lowest BCUT2D eigenvalue weighted by atomic mass is 9.97. The minimum absolute atomic E-state index is 0.0780. The normalized spacial score (nSPS) is 11.1. The quantitative estimate of drug-likeness (QED) is 0.586. The van der Waals surface area contributed by atoms with Crippen molar-refractivity contribution in [1.82, 2.24) is 0 Å². The molecule has 2 aromatic rings. The smallest absolute Gasteiger partial charge is 0.238 e. The zero-order valence-electron chi connectivity index (χ0n) is 13.5. The van der Waals surface area contributed by atoms with E-state index < -0.39 is 5.54 Å². The molecule has 0 heterocycles. The van der Waals surface area contributed by atoms with Crippen LogP contribution in [-0.2, 0) is 4.79 Å². The van der Waals surface area contributed by atoms with Crippen molar-refractivity contribution in [2.75, 3.05) is 10.2 Å². The van der Waals surface area contributed by atoms with E-state index >= 15 is 0 Å². The average Bonchev–Trinajstić information content (AvgIpc) is 2.54. The van der Waals surface area contributed by atoms with Crippen LogP contribution in [0.15, 0.2) is 54.6 Å². The van der Waals surface area contributed by atoms with Gasteiger partial charge in [-0.3, -0.25) is 9.59 Å². The highest BCUT2D eigenvalue weighted by molar-refractivity contribution is 9.09. The lowest BCUT2D eigenvalue weighted by molar-refractivity contribution is -0.117. The number of para-hydroxylation sites is 1. The molecule has 0 bridgehead atoms. The molecular formula is C19H20BrNO2. The number of hydrogen-bond donors (Lipinski definition) is 0. The van der Waals surface area contributed by atoms with Gasteiger partial charge >= 0.3 is 0 Å². The zero-order chi connectivity index (χ0) is 17.0. The summed E-state index contributed by atoms with van der Waals surface area (Å²) >= 11 is 3.24. The van der Waals surface area contributed by atoms with Crippen LogP contribution in [0.5, 0.6) is 0 Å². The monoisotopic (exact) mass is 373 g/mol. The van der Waals surface area contributed by atoms with Gasteiger partial charge in [-0.1, -0.05) is 58.4 Å². The number of hydrogen-bond acceptors (Lipinski definition) is 2. The summed E-state index contributed by atoms with van der Waals surface area (Å²) in [4.78, 5) is 27.0. The summed E-state index contributed by atoms with van der Waals surface area (Å²) in [5, 5.41) is 0.206. The van der Waals surface area contributed by atoms with Gasteiger partial charge in [0.05, 0.1) is 11.0 Å². The highest BCUT2D eigenvalue weighted by Gasteiger charge is 2.30. The van der Waals surface area contributed by atoms with E-state index in [0.29, 0.717) is 16.8 Å². The number of carbonyl (C=O) groups excluding carboxylic acids is 2. The van der Waals surface area contributed by atoms with E-state index in [1.54, 1.807) is 23.1 Å². The second kappa shape index (κ2) is 7.09. The van der Waals surface area contributed by atoms with Gasteiger partial charge in [-0.05, 0) is 32.9 Å². The van der Waals surface area contributed by atoms with E-state index in [-0.39, 0.29) is 17.0 Å². The first-order chi connectivity index (χ1) is 10.9. The number of rotatable bonds is 4. The Labute approximate surface area is 145 Å². The fourth-order valence-corrected chi connectivity index (χ4v) is 2.79. The number of anilines is 1. The summed E-state index contributed by atoms with van der Waals surface area (Å²) in [6, 6.07) is 16.4. The Bertz CT molecular complexity index is 705. The topological polar surface area (TPSA) is 37.4 Å². The molecule has 0 saturated heterocycles. The molecule has 0 aliphatic rings. The van der Waals surface area contributed by atoms with E-state index in [1.807, 2.05) is 57.2 Å². The Hall–Kier alpha value is -1.94. The van der Waals surface area contributed by atoms with E-state index in [0.717, 1.165) is 0 Å². The lowest BCUT2D eigenvalue weighted by Gasteiger charge is -2.36. The largest absolute Gasteiger partial charge is 0.306 e. The predicted molar refractivity (Wildman–Crippen MR) is 97.3 cm³/mol. The zero-order valence-corrected chi connectivity index (χ0v) is 15.1. The Morgan fingerprint density at radius 3 is 2.09 bits per heavy atom. The molecule has 0 aliphatic carbocycles. The van der Waals surface area contributed by atoms with Crippen molar-refractivity contribution in [3.8, 4) is 0 Å². The van der Waals surface area contributed by atoms with Crippen LogP contribution in [0.2, 0.25) is 0 Å². The maximum absolute atomic E-state index is 12.9. The van der Waals surface area contributed by atoms with Gasteiger partial charge in [0.2, 0.25) is 5.91 Å². The van der Waals surface area contributed by atoms with Crippen molar-refractivity contribution in [3.05, 3.63) is 65.7 Å². The van der Waals surface area contributed by atoms with Gasteiger partial charge in [0.25, 0.3) is 0 Å². The van der Waals surface area contributed by atoms with Gasteiger partial charge < -0.3 is 4.90 Å². The molecule has 3 nitrogen and oxygen atoms in total. The summed E-state index contributed by atoms with van der Waals surface area (Å²) in [5.41, 5.74) is 1.35. The van der Waals surface area contributed by atoms with Crippen molar-refractivity contribution in [2.45, 2.75) is 26.3 Å². The molecule has 2 rings (SSSR count). The summed E-state index contributed by atoms with van der Waals surface area (Å²) in [6.07, 6.45) is 0. The molecule has 1 amide bonds. The molecule has 2 aromatic carbocycles. The van der Waals surface area contributed by atoms with Crippen molar-refractivity contribution in [2.24, 2.45) is 0 Å².